The van der Waals surface area contributed by atoms with Gasteiger partial charge in [0.15, 0.2) is 0 Å². The standard InChI is InChI=1S/C16H18BrFO/c17-11-4-3-8(12(18)7-11)6-13(19)16-14-9-1-2-10(5-9)15(14)16/h3-4,7,9-10,13-16,19H,1-2,5-6H2. The largest absolute Gasteiger partial charge is 0.392 e. The maximum absolute atomic E-state index is 13.8. The minimum absolute atomic E-state index is 0.206. The van der Waals surface area contributed by atoms with Crippen molar-refractivity contribution in [2.75, 3.05) is 0 Å². The van der Waals surface area contributed by atoms with Crippen molar-refractivity contribution < 1.29 is 9.50 Å². The Morgan fingerprint density at radius 2 is 1.95 bits per heavy atom. The summed E-state index contributed by atoms with van der Waals surface area (Å²) in [6.45, 7) is 0. The van der Waals surface area contributed by atoms with E-state index in [1.54, 1.807) is 6.07 Å². The molecule has 0 aliphatic heterocycles. The van der Waals surface area contributed by atoms with Gasteiger partial charge in [-0.15, -0.1) is 0 Å². The number of benzene rings is 1. The molecule has 5 unspecified atom stereocenters. The maximum atomic E-state index is 13.8. The van der Waals surface area contributed by atoms with Crippen LogP contribution in [0.5, 0.6) is 0 Å². The molecule has 1 N–H and O–H groups in total. The molecule has 3 saturated carbocycles. The first kappa shape index (κ1) is 12.3. The molecule has 3 fully saturated rings. The summed E-state index contributed by atoms with van der Waals surface area (Å²) >= 11 is 3.26. The van der Waals surface area contributed by atoms with Crippen LogP contribution < -0.4 is 0 Å². The van der Waals surface area contributed by atoms with Gasteiger partial charge in [-0.05, 0) is 66.5 Å². The number of fused-ring (bicyclic) bond motifs is 5. The van der Waals surface area contributed by atoms with Crippen LogP contribution in [0.3, 0.4) is 0 Å². The van der Waals surface area contributed by atoms with Crippen molar-refractivity contribution in [3.8, 4) is 0 Å². The second-order valence-corrected chi connectivity index (χ2v) is 7.49. The highest BCUT2D eigenvalue weighted by atomic mass is 79.9. The van der Waals surface area contributed by atoms with E-state index in [9.17, 15) is 9.50 Å². The van der Waals surface area contributed by atoms with E-state index in [0.29, 0.717) is 17.9 Å². The van der Waals surface area contributed by atoms with Crippen molar-refractivity contribution in [1.82, 2.24) is 0 Å². The van der Waals surface area contributed by atoms with Crippen molar-refractivity contribution in [3.63, 3.8) is 0 Å². The molecule has 0 aromatic heterocycles. The van der Waals surface area contributed by atoms with Gasteiger partial charge in [0, 0.05) is 10.9 Å². The van der Waals surface area contributed by atoms with Crippen LogP contribution in [-0.2, 0) is 6.42 Å². The van der Waals surface area contributed by atoms with E-state index in [1.807, 2.05) is 6.07 Å². The SMILES string of the molecule is OC(Cc1ccc(Br)cc1F)C1C2C3CCC(C3)C12. The fourth-order valence-electron chi connectivity index (χ4n) is 4.96. The molecule has 0 saturated heterocycles. The van der Waals surface area contributed by atoms with Gasteiger partial charge in [0.05, 0.1) is 6.10 Å². The maximum Gasteiger partial charge on any atom is 0.127 e. The van der Waals surface area contributed by atoms with E-state index in [-0.39, 0.29) is 11.9 Å². The molecule has 0 radical (unpaired) electrons. The van der Waals surface area contributed by atoms with Crippen LogP contribution in [-0.4, -0.2) is 11.2 Å². The summed E-state index contributed by atoms with van der Waals surface area (Å²) in [6, 6.07) is 5.12. The van der Waals surface area contributed by atoms with Crippen LogP contribution in [0.15, 0.2) is 22.7 Å². The van der Waals surface area contributed by atoms with E-state index in [1.165, 1.54) is 25.3 Å². The predicted molar refractivity (Wildman–Crippen MR) is 75.1 cm³/mol. The van der Waals surface area contributed by atoms with Gasteiger partial charge in [-0.3, -0.25) is 0 Å². The molecule has 2 bridgehead atoms. The van der Waals surface area contributed by atoms with E-state index in [2.05, 4.69) is 15.9 Å². The van der Waals surface area contributed by atoms with Crippen LogP contribution in [0.25, 0.3) is 0 Å². The third-order valence-electron chi connectivity index (χ3n) is 5.68. The quantitative estimate of drug-likeness (QED) is 0.897. The number of rotatable bonds is 3. The van der Waals surface area contributed by atoms with Gasteiger partial charge >= 0.3 is 0 Å². The van der Waals surface area contributed by atoms with Gasteiger partial charge in [0.25, 0.3) is 0 Å². The smallest absolute Gasteiger partial charge is 0.127 e. The first-order valence-electron chi connectivity index (χ1n) is 7.27. The molecule has 1 aromatic rings. The molecule has 4 rings (SSSR count). The molecule has 1 nitrogen and oxygen atoms in total. The Balaban J connectivity index is 1.47. The molecule has 5 atom stereocenters. The molecule has 3 aliphatic carbocycles. The number of hydrogen-bond acceptors (Lipinski definition) is 1. The highest BCUT2D eigenvalue weighted by Crippen LogP contribution is 2.70. The molecular weight excluding hydrogens is 307 g/mol. The predicted octanol–water partition coefficient (Wildman–Crippen LogP) is 3.78. The number of aliphatic hydroxyl groups is 1. The van der Waals surface area contributed by atoms with Crippen molar-refractivity contribution in [2.45, 2.75) is 31.8 Å². The molecule has 0 amide bonds. The van der Waals surface area contributed by atoms with Gasteiger partial charge in [-0.1, -0.05) is 22.0 Å². The summed E-state index contributed by atoms with van der Waals surface area (Å²) < 4.78 is 14.6. The Bertz CT molecular complexity index is 501. The van der Waals surface area contributed by atoms with Crippen molar-refractivity contribution in [1.29, 1.82) is 0 Å². The summed E-state index contributed by atoms with van der Waals surface area (Å²) in [5.41, 5.74) is 0.646. The normalized spacial score (nSPS) is 40.3. The molecular formula is C16H18BrFO. The van der Waals surface area contributed by atoms with Crippen molar-refractivity contribution >= 4 is 15.9 Å². The van der Waals surface area contributed by atoms with Gasteiger partial charge in [0.1, 0.15) is 5.82 Å². The molecule has 1 aromatic carbocycles. The average Bonchev–Trinajstić information content (AvgIpc) is 2.82. The van der Waals surface area contributed by atoms with E-state index in [0.717, 1.165) is 28.1 Å². The first-order valence-corrected chi connectivity index (χ1v) is 8.06. The number of hydrogen-bond donors (Lipinski definition) is 1. The summed E-state index contributed by atoms with van der Waals surface area (Å²) in [6.07, 6.45) is 4.24. The van der Waals surface area contributed by atoms with Crippen molar-refractivity contribution in [2.24, 2.45) is 29.6 Å². The fourth-order valence-corrected chi connectivity index (χ4v) is 5.29. The highest BCUT2D eigenvalue weighted by Gasteiger charge is 2.66. The lowest BCUT2D eigenvalue weighted by molar-refractivity contribution is 0.128. The molecule has 0 spiro atoms. The van der Waals surface area contributed by atoms with Gasteiger partial charge in [-0.2, -0.15) is 0 Å². The van der Waals surface area contributed by atoms with Crippen LogP contribution in [0.1, 0.15) is 24.8 Å². The Morgan fingerprint density at radius 1 is 1.26 bits per heavy atom. The highest BCUT2D eigenvalue weighted by molar-refractivity contribution is 9.10. The summed E-state index contributed by atoms with van der Waals surface area (Å²) in [5, 5.41) is 10.4. The van der Waals surface area contributed by atoms with E-state index >= 15 is 0 Å². The topological polar surface area (TPSA) is 20.2 Å². The van der Waals surface area contributed by atoms with Gasteiger partial charge in [0.2, 0.25) is 0 Å². The fraction of sp³-hybridized carbons (Fsp3) is 0.625. The van der Waals surface area contributed by atoms with E-state index < -0.39 is 0 Å². The summed E-state index contributed by atoms with van der Waals surface area (Å²) in [7, 11) is 0. The van der Waals surface area contributed by atoms with Crippen LogP contribution >= 0.6 is 15.9 Å². The minimum atomic E-state index is -0.353. The second kappa shape index (κ2) is 4.29. The third-order valence-corrected chi connectivity index (χ3v) is 6.18. The Hall–Kier alpha value is -0.410. The first-order chi connectivity index (χ1) is 9.15. The number of aliphatic hydroxyl groups excluding tert-OH is 1. The Kier molecular flexibility index (Phi) is 2.79. The Morgan fingerprint density at radius 3 is 2.58 bits per heavy atom. The van der Waals surface area contributed by atoms with E-state index in [4.69, 9.17) is 0 Å². The summed E-state index contributed by atoms with van der Waals surface area (Å²) in [4.78, 5) is 0. The lowest BCUT2D eigenvalue weighted by Gasteiger charge is -2.15. The molecule has 0 heterocycles. The zero-order valence-corrected chi connectivity index (χ0v) is 12.3. The summed E-state index contributed by atoms with van der Waals surface area (Å²) in [5.74, 6) is 3.49. The second-order valence-electron chi connectivity index (χ2n) is 6.57. The lowest BCUT2D eigenvalue weighted by Crippen LogP contribution is -2.19. The van der Waals surface area contributed by atoms with Crippen LogP contribution in [0, 0.1) is 35.4 Å². The Labute approximate surface area is 121 Å². The molecule has 19 heavy (non-hydrogen) atoms. The molecule has 3 heteroatoms. The van der Waals surface area contributed by atoms with Gasteiger partial charge < -0.3 is 5.11 Å². The zero-order valence-electron chi connectivity index (χ0n) is 10.7. The van der Waals surface area contributed by atoms with Gasteiger partial charge in [-0.25, -0.2) is 4.39 Å². The monoisotopic (exact) mass is 324 g/mol. The average molecular weight is 325 g/mol. The van der Waals surface area contributed by atoms with Crippen molar-refractivity contribution in [3.05, 3.63) is 34.1 Å². The lowest BCUT2D eigenvalue weighted by atomic mass is 9.95. The zero-order chi connectivity index (χ0) is 13.1. The molecule has 3 aliphatic rings. The minimum Gasteiger partial charge on any atom is -0.392 e. The number of halogens is 2. The third kappa shape index (κ3) is 1.89. The molecule has 102 valence electrons. The van der Waals surface area contributed by atoms with Crippen LogP contribution in [0.2, 0.25) is 0 Å². The van der Waals surface area contributed by atoms with Crippen LogP contribution in [0.4, 0.5) is 4.39 Å².